The van der Waals surface area contributed by atoms with Crippen molar-refractivity contribution in [3.63, 3.8) is 0 Å². The smallest absolute Gasteiger partial charge is 0.0570 e. The largest absolute Gasteiger partial charge is 0.393 e. The lowest BCUT2D eigenvalue weighted by atomic mass is 9.89. The van der Waals surface area contributed by atoms with E-state index in [0.29, 0.717) is 5.92 Å². The van der Waals surface area contributed by atoms with Gasteiger partial charge in [-0.25, -0.2) is 0 Å². The van der Waals surface area contributed by atoms with Crippen LogP contribution in [0.15, 0.2) is 0 Å². The van der Waals surface area contributed by atoms with E-state index in [2.05, 4.69) is 13.8 Å². The Hall–Kier alpha value is -0.0400. The van der Waals surface area contributed by atoms with Gasteiger partial charge < -0.3 is 5.11 Å². The van der Waals surface area contributed by atoms with Crippen LogP contribution in [0.5, 0.6) is 0 Å². The molecule has 0 radical (unpaired) electrons. The molecule has 13 heavy (non-hydrogen) atoms. The van der Waals surface area contributed by atoms with E-state index in [1.807, 2.05) is 0 Å². The number of aliphatic hydroxyl groups is 1. The molecule has 1 rings (SSSR count). The third kappa shape index (κ3) is 3.30. The normalized spacial score (nSPS) is 30.7. The first kappa shape index (κ1) is 11.0. The molecule has 78 valence electrons. The summed E-state index contributed by atoms with van der Waals surface area (Å²) >= 11 is 0. The lowest BCUT2D eigenvalue weighted by Crippen LogP contribution is -2.22. The van der Waals surface area contributed by atoms with Crippen LogP contribution in [0.2, 0.25) is 0 Å². The predicted molar refractivity (Wildman–Crippen MR) is 56.7 cm³/mol. The quantitative estimate of drug-likeness (QED) is 0.650. The number of unbranched alkanes of at least 4 members (excludes halogenated alkanes) is 2. The summed E-state index contributed by atoms with van der Waals surface area (Å²) in [6, 6.07) is 0. The topological polar surface area (TPSA) is 20.2 Å². The van der Waals surface area contributed by atoms with Gasteiger partial charge in [0.2, 0.25) is 0 Å². The summed E-state index contributed by atoms with van der Waals surface area (Å²) in [5, 5.41) is 9.95. The molecule has 0 spiro atoms. The van der Waals surface area contributed by atoms with Crippen LogP contribution in [0.1, 0.15) is 58.8 Å². The first-order chi connectivity index (χ1) is 6.25. The van der Waals surface area contributed by atoms with Crippen molar-refractivity contribution in [2.24, 2.45) is 11.8 Å². The Labute approximate surface area is 82.5 Å². The van der Waals surface area contributed by atoms with Gasteiger partial charge in [-0.2, -0.15) is 0 Å². The van der Waals surface area contributed by atoms with Crippen LogP contribution in [0.4, 0.5) is 0 Å². The van der Waals surface area contributed by atoms with E-state index in [1.165, 1.54) is 38.5 Å². The minimum absolute atomic E-state index is 0.0101. The average molecular weight is 184 g/mol. The van der Waals surface area contributed by atoms with Crippen LogP contribution in [0.25, 0.3) is 0 Å². The molecule has 0 amide bonds. The first-order valence-corrected chi connectivity index (χ1v) is 5.93. The maximum atomic E-state index is 9.95. The Kier molecular flexibility index (Phi) is 4.79. The number of hydrogen-bond donors (Lipinski definition) is 1. The van der Waals surface area contributed by atoms with Gasteiger partial charge >= 0.3 is 0 Å². The van der Waals surface area contributed by atoms with E-state index in [4.69, 9.17) is 0 Å². The molecule has 1 aliphatic carbocycles. The molecule has 0 bridgehead atoms. The van der Waals surface area contributed by atoms with Crippen molar-refractivity contribution in [3.05, 3.63) is 0 Å². The third-order valence-corrected chi connectivity index (χ3v) is 3.53. The Morgan fingerprint density at radius 1 is 1.31 bits per heavy atom. The second kappa shape index (κ2) is 5.64. The van der Waals surface area contributed by atoms with Gasteiger partial charge in [-0.3, -0.25) is 0 Å². The van der Waals surface area contributed by atoms with Gasteiger partial charge in [-0.1, -0.05) is 46.0 Å². The predicted octanol–water partition coefficient (Wildman–Crippen LogP) is 3.36. The molecule has 0 saturated heterocycles. The van der Waals surface area contributed by atoms with Gasteiger partial charge in [0.05, 0.1) is 6.10 Å². The fourth-order valence-corrected chi connectivity index (χ4v) is 2.56. The van der Waals surface area contributed by atoms with E-state index in [-0.39, 0.29) is 6.10 Å². The van der Waals surface area contributed by atoms with E-state index in [0.717, 1.165) is 12.3 Å². The molecule has 1 aliphatic rings. The molecule has 3 unspecified atom stereocenters. The molecule has 0 aromatic carbocycles. The Morgan fingerprint density at radius 3 is 2.62 bits per heavy atom. The van der Waals surface area contributed by atoms with E-state index >= 15 is 0 Å². The lowest BCUT2D eigenvalue weighted by Gasteiger charge is -2.21. The van der Waals surface area contributed by atoms with Crippen molar-refractivity contribution in [2.45, 2.75) is 64.9 Å². The van der Waals surface area contributed by atoms with Crippen molar-refractivity contribution in [1.82, 2.24) is 0 Å². The SMILES string of the molecule is CCCCCC(O)C1CCCC1C. The Balaban J connectivity index is 2.18. The van der Waals surface area contributed by atoms with E-state index in [9.17, 15) is 5.11 Å². The zero-order chi connectivity index (χ0) is 9.68. The summed E-state index contributed by atoms with van der Waals surface area (Å²) in [7, 11) is 0. The van der Waals surface area contributed by atoms with Gasteiger partial charge in [-0.15, -0.1) is 0 Å². The Morgan fingerprint density at radius 2 is 2.08 bits per heavy atom. The zero-order valence-electron chi connectivity index (χ0n) is 9.13. The summed E-state index contributed by atoms with van der Waals surface area (Å²) in [4.78, 5) is 0. The standard InChI is InChI=1S/C12H24O/c1-3-4-5-9-12(13)11-8-6-7-10(11)2/h10-13H,3-9H2,1-2H3. The van der Waals surface area contributed by atoms with Crippen LogP contribution >= 0.6 is 0 Å². The monoisotopic (exact) mass is 184 g/mol. The molecular formula is C12H24O. The molecule has 0 aromatic rings. The highest BCUT2D eigenvalue weighted by Crippen LogP contribution is 2.35. The second-order valence-electron chi connectivity index (χ2n) is 4.64. The van der Waals surface area contributed by atoms with Crippen molar-refractivity contribution in [2.75, 3.05) is 0 Å². The highest BCUT2D eigenvalue weighted by Gasteiger charge is 2.28. The van der Waals surface area contributed by atoms with Crippen molar-refractivity contribution in [1.29, 1.82) is 0 Å². The summed E-state index contributed by atoms with van der Waals surface area (Å²) in [6.07, 6.45) is 8.68. The fourth-order valence-electron chi connectivity index (χ4n) is 2.56. The summed E-state index contributed by atoms with van der Waals surface area (Å²) in [5.41, 5.74) is 0. The lowest BCUT2D eigenvalue weighted by molar-refractivity contribution is 0.0795. The van der Waals surface area contributed by atoms with Crippen molar-refractivity contribution < 1.29 is 5.11 Å². The van der Waals surface area contributed by atoms with Gasteiger partial charge in [-0.05, 0) is 24.7 Å². The molecule has 3 atom stereocenters. The summed E-state index contributed by atoms with van der Waals surface area (Å²) in [6.45, 7) is 4.51. The molecule has 1 heteroatoms. The average Bonchev–Trinajstić information content (AvgIpc) is 2.52. The molecule has 0 aliphatic heterocycles. The highest BCUT2D eigenvalue weighted by atomic mass is 16.3. The Bertz CT molecular complexity index is 133. The van der Waals surface area contributed by atoms with Gasteiger partial charge in [0.25, 0.3) is 0 Å². The number of hydrogen-bond acceptors (Lipinski definition) is 1. The maximum Gasteiger partial charge on any atom is 0.0570 e. The van der Waals surface area contributed by atoms with Crippen LogP contribution in [0.3, 0.4) is 0 Å². The summed E-state index contributed by atoms with van der Waals surface area (Å²) < 4.78 is 0. The molecule has 0 aromatic heterocycles. The van der Waals surface area contributed by atoms with Crippen molar-refractivity contribution >= 4 is 0 Å². The van der Waals surface area contributed by atoms with Gasteiger partial charge in [0, 0.05) is 0 Å². The zero-order valence-corrected chi connectivity index (χ0v) is 9.13. The molecule has 1 saturated carbocycles. The third-order valence-electron chi connectivity index (χ3n) is 3.53. The van der Waals surface area contributed by atoms with Crippen LogP contribution < -0.4 is 0 Å². The van der Waals surface area contributed by atoms with Crippen LogP contribution in [-0.4, -0.2) is 11.2 Å². The second-order valence-corrected chi connectivity index (χ2v) is 4.64. The van der Waals surface area contributed by atoms with Crippen LogP contribution in [0, 0.1) is 11.8 Å². The molecule has 0 heterocycles. The molecule has 1 nitrogen and oxygen atoms in total. The van der Waals surface area contributed by atoms with E-state index < -0.39 is 0 Å². The van der Waals surface area contributed by atoms with Gasteiger partial charge in [0.15, 0.2) is 0 Å². The van der Waals surface area contributed by atoms with Gasteiger partial charge in [0.1, 0.15) is 0 Å². The first-order valence-electron chi connectivity index (χ1n) is 5.93. The van der Waals surface area contributed by atoms with Crippen molar-refractivity contribution in [3.8, 4) is 0 Å². The molecule has 1 fully saturated rings. The van der Waals surface area contributed by atoms with Crippen LogP contribution in [-0.2, 0) is 0 Å². The number of aliphatic hydroxyl groups excluding tert-OH is 1. The molecule has 1 N–H and O–H groups in total. The van der Waals surface area contributed by atoms with E-state index in [1.54, 1.807) is 0 Å². The minimum Gasteiger partial charge on any atom is -0.393 e. The minimum atomic E-state index is -0.0101. The summed E-state index contributed by atoms with van der Waals surface area (Å²) in [5.74, 6) is 1.37. The number of rotatable bonds is 5. The maximum absolute atomic E-state index is 9.95. The molecular weight excluding hydrogens is 160 g/mol. The fraction of sp³-hybridized carbons (Fsp3) is 1.00. The highest BCUT2D eigenvalue weighted by molar-refractivity contribution is 4.79.